The summed E-state index contributed by atoms with van der Waals surface area (Å²) >= 11 is 5.97. The lowest BCUT2D eigenvalue weighted by molar-refractivity contribution is -0.00475. The van der Waals surface area contributed by atoms with Crippen LogP contribution in [0.25, 0.3) is 0 Å². The first-order valence-corrected chi connectivity index (χ1v) is 11.9. The van der Waals surface area contributed by atoms with E-state index in [9.17, 15) is 0 Å². The molecule has 1 fully saturated rings. The van der Waals surface area contributed by atoms with Gasteiger partial charge in [-0.05, 0) is 73.9 Å². The van der Waals surface area contributed by atoms with E-state index in [2.05, 4.69) is 48.2 Å². The van der Waals surface area contributed by atoms with Crippen molar-refractivity contribution in [3.8, 4) is 5.75 Å². The van der Waals surface area contributed by atoms with Gasteiger partial charge >= 0.3 is 0 Å². The summed E-state index contributed by atoms with van der Waals surface area (Å²) in [5, 5.41) is 0.799. The fraction of sp³-hybridized carbons (Fsp3) is 0.538. The molecule has 2 aromatic carbocycles. The number of hydrogen-bond donors (Lipinski definition) is 0. The number of likely N-dealkylation sites (tertiary alicyclic amines) is 1. The Morgan fingerprint density at radius 3 is 2.21 bits per heavy atom. The third kappa shape index (κ3) is 7.68. The highest BCUT2D eigenvalue weighted by atomic mass is 35.5. The molecule has 2 aromatic rings. The zero-order valence-corrected chi connectivity index (χ0v) is 18.7. The predicted molar refractivity (Wildman–Crippen MR) is 124 cm³/mol. The monoisotopic (exact) mass is 413 g/mol. The Labute approximate surface area is 182 Å². The van der Waals surface area contributed by atoms with Gasteiger partial charge in [-0.25, -0.2) is 0 Å². The number of hydrogen-bond acceptors (Lipinski definition) is 2. The minimum atomic E-state index is 0.245. The van der Waals surface area contributed by atoms with Gasteiger partial charge in [0.15, 0.2) is 6.23 Å². The minimum Gasteiger partial charge on any atom is -0.475 e. The van der Waals surface area contributed by atoms with E-state index in [4.69, 9.17) is 16.3 Å². The van der Waals surface area contributed by atoms with Crippen molar-refractivity contribution in [1.82, 2.24) is 4.90 Å². The van der Waals surface area contributed by atoms with E-state index in [-0.39, 0.29) is 6.23 Å². The van der Waals surface area contributed by atoms with Crippen LogP contribution < -0.4 is 4.74 Å². The molecule has 1 saturated heterocycles. The summed E-state index contributed by atoms with van der Waals surface area (Å²) in [5.41, 5.74) is 2.68. The number of nitrogens with zero attached hydrogens (tertiary/aromatic N) is 1. The molecular weight excluding hydrogens is 378 g/mol. The van der Waals surface area contributed by atoms with Crippen LogP contribution in [0.4, 0.5) is 0 Å². The molecule has 0 aliphatic carbocycles. The van der Waals surface area contributed by atoms with Crippen LogP contribution in [0.15, 0.2) is 48.5 Å². The number of benzene rings is 2. The Kier molecular flexibility index (Phi) is 9.37. The normalized spacial score (nSPS) is 17.4. The molecule has 1 aliphatic heterocycles. The number of unbranched alkanes of at least 4 members (excludes halogenated alkanes) is 4. The van der Waals surface area contributed by atoms with Crippen LogP contribution in [0, 0.1) is 0 Å². The smallest absolute Gasteiger partial charge is 0.152 e. The lowest BCUT2D eigenvalue weighted by Crippen LogP contribution is -2.43. The highest BCUT2D eigenvalue weighted by Gasteiger charge is 2.23. The molecule has 29 heavy (non-hydrogen) atoms. The highest BCUT2D eigenvalue weighted by Crippen LogP contribution is 2.23. The molecule has 3 rings (SSSR count). The molecule has 1 heterocycles. The Morgan fingerprint density at radius 1 is 0.862 bits per heavy atom. The third-order valence-electron chi connectivity index (χ3n) is 5.91. The minimum absolute atomic E-state index is 0.245. The van der Waals surface area contributed by atoms with Gasteiger partial charge in [0.1, 0.15) is 5.75 Å². The average molecular weight is 414 g/mol. The topological polar surface area (TPSA) is 12.5 Å². The first-order chi connectivity index (χ1) is 14.2. The summed E-state index contributed by atoms with van der Waals surface area (Å²) in [6.07, 6.45) is 12.7. The molecule has 3 heteroatoms. The second-order valence-electron chi connectivity index (χ2n) is 8.29. The summed E-state index contributed by atoms with van der Waals surface area (Å²) in [6.45, 7) is 4.63. The second kappa shape index (κ2) is 12.2. The molecule has 1 unspecified atom stereocenters. The maximum Gasteiger partial charge on any atom is 0.152 e. The molecule has 0 spiro atoms. The quantitative estimate of drug-likeness (QED) is 0.358. The van der Waals surface area contributed by atoms with Crippen molar-refractivity contribution in [3.05, 3.63) is 64.7 Å². The molecule has 2 nitrogen and oxygen atoms in total. The molecule has 0 saturated carbocycles. The molecule has 0 amide bonds. The molecule has 0 bridgehead atoms. The second-order valence-corrected chi connectivity index (χ2v) is 8.73. The van der Waals surface area contributed by atoms with E-state index in [1.807, 2.05) is 12.1 Å². The van der Waals surface area contributed by atoms with Gasteiger partial charge in [0.05, 0.1) is 0 Å². The van der Waals surface area contributed by atoms with Crippen LogP contribution >= 0.6 is 11.6 Å². The largest absolute Gasteiger partial charge is 0.475 e. The van der Waals surface area contributed by atoms with Crippen molar-refractivity contribution < 1.29 is 4.74 Å². The van der Waals surface area contributed by atoms with E-state index in [1.165, 1.54) is 69.2 Å². The summed E-state index contributed by atoms with van der Waals surface area (Å²) in [5.74, 6) is 1.00. The van der Waals surface area contributed by atoms with Gasteiger partial charge < -0.3 is 4.74 Å². The van der Waals surface area contributed by atoms with Crippen molar-refractivity contribution in [2.24, 2.45) is 0 Å². The zero-order valence-electron chi connectivity index (χ0n) is 17.9. The number of piperidine rings is 1. The van der Waals surface area contributed by atoms with Crippen molar-refractivity contribution >= 4 is 11.6 Å². The van der Waals surface area contributed by atoms with Crippen molar-refractivity contribution in [1.29, 1.82) is 0 Å². The Bertz CT molecular complexity index is 698. The molecule has 0 radical (unpaired) electrons. The predicted octanol–water partition coefficient (Wildman–Crippen LogP) is 7.29. The molecule has 0 N–H and O–H groups in total. The standard InChI is InChI=1S/C26H36ClNO/c1-2-3-4-5-7-20-28-21-8-6-9-26(28)29-25-18-14-23(15-19-25)11-10-22-12-16-24(27)17-13-22/h12-19,26H,2-11,20-21H2,1H3. The number of aryl methyl sites for hydroxylation is 2. The Morgan fingerprint density at radius 2 is 1.52 bits per heavy atom. The Balaban J connectivity index is 1.46. The van der Waals surface area contributed by atoms with Crippen molar-refractivity contribution in [3.63, 3.8) is 0 Å². The zero-order chi connectivity index (χ0) is 20.3. The van der Waals surface area contributed by atoms with E-state index in [0.717, 1.165) is 30.0 Å². The van der Waals surface area contributed by atoms with Crippen LogP contribution in [0.2, 0.25) is 5.02 Å². The lowest BCUT2D eigenvalue weighted by Gasteiger charge is -2.35. The van der Waals surface area contributed by atoms with Gasteiger partial charge in [-0.2, -0.15) is 0 Å². The number of halogens is 1. The van der Waals surface area contributed by atoms with E-state index >= 15 is 0 Å². The summed E-state index contributed by atoms with van der Waals surface area (Å²) < 4.78 is 6.39. The summed E-state index contributed by atoms with van der Waals surface area (Å²) in [6, 6.07) is 16.9. The van der Waals surface area contributed by atoms with Gasteiger partial charge in [-0.15, -0.1) is 0 Å². The lowest BCUT2D eigenvalue weighted by atomic mass is 10.0. The third-order valence-corrected chi connectivity index (χ3v) is 6.17. The molecule has 0 aromatic heterocycles. The van der Waals surface area contributed by atoms with Gasteiger partial charge in [-0.3, -0.25) is 4.90 Å². The van der Waals surface area contributed by atoms with Gasteiger partial charge in [0, 0.05) is 18.1 Å². The van der Waals surface area contributed by atoms with E-state index in [0.29, 0.717) is 0 Å². The van der Waals surface area contributed by atoms with Crippen LogP contribution in [-0.2, 0) is 12.8 Å². The molecule has 158 valence electrons. The van der Waals surface area contributed by atoms with Crippen molar-refractivity contribution in [2.75, 3.05) is 13.1 Å². The van der Waals surface area contributed by atoms with Gasteiger partial charge in [0.2, 0.25) is 0 Å². The average Bonchev–Trinajstić information content (AvgIpc) is 2.75. The highest BCUT2D eigenvalue weighted by molar-refractivity contribution is 6.30. The maximum absolute atomic E-state index is 6.39. The van der Waals surface area contributed by atoms with Crippen LogP contribution in [0.5, 0.6) is 5.75 Å². The van der Waals surface area contributed by atoms with E-state index < -0.39 is 0 Å². The van der Waals surface area contributed by atoms with Crippen LogP contribution in [0.1, 0.15) is 69.4 Å². The SMILES string of the molecule is CCCCCCCN1CCCCC1Oc1ccc(CCc2ccc(Cl)cc2)cc1. The summed E-state index contributed by atoms with van der Waals surface area (Å²) in [4.78, 5) is 2.56. The Hall–Kier alpha value is -1.51. The number of rotatable bonds is 11. The van der Waals surface area contributed by atoms with Crippen LogP contribution in [-0.4, -0.2) is 24.2 Å². The number of ether oxygens (including phenoxy) is 1. The fourth-order valence-electron chi connectivity index (χ4n) is 4.10. The first-order valence-electron chi connectivity index (χ1n) is 11.5. The van der Waals surface area contributed by atoms with E-state index in [1.54, 1.807) is 0 Å². The van der Waals surface area contributed by atoms with Gasteiger partial charge in [0.25, 0.3) is 0 Å². The molecule has 1 aliphatic rings. The van der Waals surface area contributed by atoms with Gasteiger partial charge in [-0.1, -0.05) is 68.5 Å². The van der Waals surface area contributed by atoms with Crippen molar-refractivity contribution in [2.45, 2.75) is 77.4 Å². The summed E-state index contributed by atoms with van der Waals surface area (Å²) in [7, 11) is 0. The molecule has 1 atom stereocenters. The molecular formula is C26H36ClNO. The van der Waals surface area contributed by atoms with Crippen LogP contribution in [0.3, 0.4) is 0 Å². The maximum atomic E-state index is 6.39. The first kappa shape index (κ1) is 22.2. The fourth-order valence-corrected chi connectivity index (χ4v) is 4.23.